The minimum Gasteiger partial charge on any atom is -0.481 e. The van der Waals surface area contributed by atoms with Gasteiger partial charge in [0.05, 0.1) is 19.1 Å². The van der Waals surface area contributed by atoms with E-state index in [0.29, 0.717) is 6.42 Å². The van der Waals surface area contributed by atoms with Gasteiger partial charge < -0.3 is 15.6 Å². The van der Waals surface area contributed by atoms with Gasteiger partial charge in [0.1, 0.15) is 0 Å². The first-order chi connectivity index (χ1) is 7.74. The molecule has 0 unspecified atom stereocenters. The molecule has 0 aromatic carbocycles. The zero-order chi connectivity index (χ0) is 13.5. The zero-order valence-corrected chi connectivity index (χ0v) is 9.67. The van der Waals surface area contributed by atoms with E-state index in [1.165, 1.54) is 0 Å². The molecular formula is C10H18F3NO3. The largest absolute Gasteiger partial charge is 0.481 e. The van der Waals surface area contributed by atoms with E-state index in [0.717, 1.165) is 0 Å². The first kappa shape index (κ1) is 16.2. The Morgan fingerprint density at radius 3 is 2.47 bits per heavy atom. The number of hydrogen-bond donors (Lipinski definition) is 2. The minimum atomic E-state index is -4.23. The highest BCUT2D eigenvalue weighted by molar-refractivity contribution is 5.67. The summed E-state index contributed by atoms with van der Waals surface area (Å²) in [5, 5.41) is 8.57. The molecule has 0 aliphatic rings. The maximum absolute atomic E-state index is 11.8. The molecule has 0 aromatic heterocycles. The van der Waals surface area contributed by atoms with E-state index >= 15 is 0 Å². The fourth-order valence-corrected chi connectivity index (χ4v) is 1.42. The highest BCUT2D eigenvalue weighted by atomic mass is 19.4. The van der Waals surface area contributed by atoms with E-state index < -0.39 is 31.3 Å². The van der Waals surface area contributed by atoms with Crippen molar-refractivity contribution in [2.24, 2.45) is 11.7 Å². The van der Waals surface area contributed by atoms with Gasteiger partial charge in [-0.15, -0.1) is 0 Å². The number of alkyl halides is 3. The van der Waals surface area contributed by atoms with Crippen LogP contribution in [0.3, 0.4) is 0 Å². The molecule has 0 aromatic rings. The summed E-state index contributed by atoms with van der Waals surface area (Å²) in [6, 6.07) is 0. The maximum Gasteiger partial charge on any atom is 0.391 e. The molecule has 7 heteroatoms. The van der Waals surface area contributed by atoms with Gasteiger partial charge in [0.25, 0.3) is 0 Å². The van der Waals surface area contributed by atoms with Crippen molar-refractivity contribution >= 4 is 5.97 Å². The number of carboxylic acids is 1. The number of nitrogens with two attached hydrogens (primary N) is 1. The molecule has 3 N–H and O–H groups in total. The molecule has 0 heterocycles. The SMILES string of the molecule is C[C@@H](C[C@H](CN)CC(=O)O)OCCC(F)(F)F. The predicted octanol–water partition coefficient (Wildman–Crippen LogP) is 1.78. The van der Waals surface area contributed by atoms with E-state index in [9.17, 15) is 18.0 Å². The Bertz CT molecular complexity index is 233. The van der Waals surface area contributed by atoms with Crippen LogP contribution in [0.25, 0.3) is 0 Å². The first-order valence-electron chi connectivity index (χ1n) is 5.34. The number of carbonyl (C=O) groups is 1. The Morgan fingerprint density at radius 2 is 2.06 bits per heavy atom. The number of ether oxygens (including phenoxy) is 1. The summed E-state index contributed by atoms with van der Waals surface area (Å²) < 4.78 is 40.5. The summed E-state index contributed by atoms with van der Waals surface area (Å²) >= 11 is 0. The second-order valence-corrected chi connectivity index (χ2v) is 3.98. The van der Waals surface area contributed by atoms with Crippen LogP contribution in [0.1, 0.15) is 26.2 Å². The van der Waals surface area contributed by atoms with Crippen LogP contribution in [0.15, 0.2) is 0 Å². The summed E-state index contributed by atoms with van der Waals surface area (Å²) in [4.78, 5) is 10.5. The van der Waals surface area contributed by atoms with Gasteiger partial charge in [-0.25, -0.2) is 0 Å². The molecule has 0 aliphatic heterocycles. The molecule has 0 fully saturated rings. The third kappa shape index (κ3) is 10.1. The molecule has 0 saturated heterocycles. The van der Waals surface area contributed by atoms with Crippen molar-refractivity contribution in [2.75, 3.05) is 13.2 Å². The molecule has 2 atom stereocenters. The molecule has 17 heavy (non-hydrogen) atoms. The Kier molecular flexibility index (Phi) is 7.13. The number of rotatable bonds is 8. The van der Waals surface area contributed by atoms with Crippen molar-refractivity contribution in [1.82, 2.24) is 0 Å². The summed E-state index contributed by atoms with van der Waals surface area (Å²) in [5.74, 6) is -1.24. The van der Waals surface area contributed by atoms with Crippen LogP contribution in [0.2, 0.25) is 0 Å². The van der Waals surface area contributed by atoms with E-state index in [2.05, 4.69) is 0 Å². The maximum atomic E-state index is 11.8. The van der Waals surface area contributed by atoms with Gasteiger partial charge in [-0.3, -0.25) is 4.79 Å². The van der Waals surface area contributed by atoms with E-state index in [-0.39, 0.29) is 18.9 Å². The van der Waals surface area contributed by atoms with Gasteiger partial charge in [-0.2, -0.15) is 13.2 Å². The lowest BCUT2D eigenvalue weighted by molar-refractivity contribution is -0.149. The van der Waals surface area contributed by atoms with Crippen molar-refractivity contribution < 1.29 is 27.8 Å². The number of halogens is 3. The molecule has 0 aliphatic carbocycles. The fourth-order valence-electron chi connectivity index (χ4n) is 1.42. The summed E-state index contributed by atoms with van der Waals surface area (Å²) in [5.41, 5.74) is 5.37. The van der Waals surface area contributed by atoms with Crippen LogP contribution in [0.5, 0.6) is 0 Å². The first-order valence-corrected chi connectivity index (χ1v) is 5.34. The van der Waals surface area contributed by atoms with Gasteiger partial charge >= 0.3 is 12.1 Å². The average molecular weight is 257 g/mol. The zero-order valence-electron chi connectivity index (χ0n) is 9.67. The van der Waals surface area contributed by atoms with Crippen LogP contribution < -0.4 is 5.73 Å². The van der Waals surface area contributed by atoms with Crippen molar-refractivity contribution in [3.8, 4) is 0 Å². The lowest BCUT2D eigenvalue weighted by Gasteiger charge is -2.19. The summed E-state index contributed by atoms with van der Waals surface area (Å²) in [6.07, 6.45) is -5.40. The third-order valence-corrected chi connectivity index (χ3v) is 2.25. The Morgan fingerprint density at radius 1 is 1.47 bits per heavy atom. The van der Waals surface area contributed by atoms with Crippen molar-refractivity contribution in [1.29, 1.82) is 0 Å². The fraction of sp³-hybridized carbons (Fsp3) is 0.900. The Hall–Kier alpha value is -0.820. The molecule has 0 saturated carbocycles. The van der Waals surface area contributed by atoms with Crippen LogP contribution >= 0.6 is 0 Å². The van der Waals surface area contributed by atoms with Gasteiger partial charge in [-0.05, 0) is 25.8 Å². The highest BCUT2D eigenvalue weighted by Crippen LogP contribution is 2.20. The van der Waals surface area contributed by atoms with Gasteiger partial charge in [-0.1, -0.05) is 0 Å². The molecular weight excluding hydrogens is 239 g/mol. The second kappa shape index (κ2) is 7.50. The van der Waals surface area contributed by atoms with Crippen LogP contribution in [0.4, 0.5) is 13.2 Å². The lowest BCUT2D eigenvalue weighted by Crippen LogP contribution is -2.24. The molecule has 0 rings (SSSR count). The van der Waals surface area contributed by atoms with Gasteiger partial charge in [0.2, 0.25) is 0 Å². The average Bonchev–Trinajstić information content (AvgIpc) is 2.13. The second-order valence-electron chi connectivity index (χ2n) is 3.98. The molecule has 102 valence electrons. The van der Waals surface area contributed by atoms with Crippen LogP contribution in [0, 0.1) is 5.92 Å². The molecule has 0 radical (unpaired) electrons. The summed E-state index contributed by atoms with van der Waals surface area (Å²) in [6.45, 7) is 1.38. The number of aliphatic carboxylic acids is 1. The number of carboxylic acid groups (broad SMARTS) is 1. The standard InChI is InChI=1S/C10H18F3NO3/c1-7(17-3-2-10(11,12)13)4-8(6-14)5-9(15)16/h7-8H,2-6,14H2,1H3,(H,15,16)/t7-,8-/m0/s1. The van der Waals surface area contributed by atoms with Crippen LogP contribution in [-0.4, -0.2) is 36.5 Å². The van der Waals surface area contributed by atoms with E-state index in [1.54, 1.807) is 6.92 Å². The predicted molar refractivity (Wildman–Crippen MR) is 55.5 cm³/mol. The normalized spacial score (nSPS) is 15.6. The Balaban J connectivity index is 3.82. The smallest absolute Gasteiger partial charge is 0.391 e. The highest BCUT2D eigenvalue weighted by Gasteiger charge is 2.27. The molecule has 0 spiro atoms. The minimum absolute atomic E-state index is 0.0938. The Labute approximate surface area is 97.9 Å². The van der Waals surface area contributed by atoms with Crippen LogP contribution in [-0.2, 0) is 9.53 Å². The summed E-state index contributed by atoms with van der Waals surface area (Å²) in [7, 11) is 0. The van der Waals surface area contributed by atoms with Crippen molar-refractivity contribution in [3.05, 3.63) is 0 Å². The molecule has 0 bridgehead atoms. The van der Waals surface area contributed by atoms with Crippen molar-refractivity contribution in [2.45, 2.75) is 38.5 Å². The topological polar surface area (TPSA) is 72.6 Å². The monoisotopic (exact) mass is 257 g/mol. The van der Waals surface area contributed by atoms with Crippen molar-refractivity contribution in [3.63, 3.8) is 0 Å². The molecule has 4 nitrogen and oxygen atoms in total. The number of hydrogen-bond acceptors (Lipinski definition) is 3. The lowest BCUT2D eigenvalue weighted by atomic mass is 9.99. The quantitative estimate of drug-likeness (QED) is 0.695. The van der Waals surface area contributed by atoms with Gasteiger partial charge in [0, 0.05) is 6.42 Å². The third-order valence-electron chi connectivity index (χ3n) is 2.25. The van der Waals surface area contributed by atoms with Gasteiger partial charge in [0.15, 0.2) is 0 Å². The molecule has 0 amide bonds. The van der Waals surface area contributed by atoms with E-state index in [4.69, 9.17) is 15.6 Å². The van der Waals surface area contributed by atoms with E-state index in [1.807, 2.05) is 0 Å².